The zero-order valence-electron chi connectivity index (χ0n) is 13.6. The molecule has 2 N–H and O–H groups in total. The minimum atomic E-state index is -0.804. The maximum absolute atomic E-state index is 11.9. The summed E-state index contributed by atoms with van der Waals surface area (Å²) in [6.07, 6.45) is 0.608. The van der Waals surface area contributed by atoms with Gasteiger partial charge in [-0.1, -0.05) is 29.8 Å². The molecular formula is C18H18ClNO5. The summed E-state index contributed by atoms with van der Waals surface area (Å²) < 4.78 is 9.82. The van der Waals surface area contributed by atoms with Crippen LogP contribution in [0.2, 0.25) is 5.02 Å². The first kappa shape index (κ1) is 18.6. The Bertz CT molecular complexity index is 763. The van der Waals surface area contributed by atoms with Crippen molar-refractivity contribution in [1.29, 1.82) is 0 Å². The zero-order valence-corrected chi connectivity index (χ0v) is 14.4. The lowest BCUT2D eigenvalue weighted by Gasteiger charge is -2.09. The van der Waals surface area contributed by atoms with Crippen LogP contribution in [-0.2, 0) is 16.0 Å². The number of methoxy groups -OCH3 is 1. The first-order valence-electron chi connectivity index (χ1n) is 7.55. The van der Waals surface area contributed by atoms with E-state index in [9.17, 15) is 14.7 Å². The predicted molar refractivity (Wildman–Crippen MR) is 93.1 cm³/mol. The van der Waals surface area contributed by atoms with Crippen LogP contribution < -0.4 is 10.1 Å². The molecule has 0 radical (unpaired) electrons. The van der Waals surface area contributed by atoms with Crippen LogP contribution in [0.5, 0.6) is 11.5 Å². The second kappa shape index (κ2) is 8.94. The molecule has 6 nitrogen and oxygen atoms in total. The fraction of sp³-hybridized carbons (Fsp3) is 0.222. The molecule has 7 heteroatoms. The van der Waals surface area contributed by atoms with E-state index in [1.165, 1.54) is 19.2 Å². The van der Waals surface area contributed by atoms with Crippen LogP contribution in [0.4, 0.5) is 0 Å². The van der Waals surface area contributed by atoms with Gasteiger partial charge in [0.05, 0.1) is 7.11 Å². The van der Waals surface area contributed by atoms with Gasteiger partial charge in [0.2, 0.25) is 0 Å². The molecule has 0 atom stereocenters. The van der Waals surface area contributed by atoms with Gasteiger partial charge in [-0.15, -0.1) is 0 Å². The van der Waals surface area contributed by atoms with Crippen molar-refractivity contribution in [3.63, 3.8) is 0 Å². The monoisotopic (exact) mass is 363 g/mol. The van der Waals surface area contributed by atoms with Gasteiger partial charge < -0.3 is 19.9 Å². The predicted octanol–water partition coefficient (Wildman–Crippen LogP) is 2.57. The second-order valence-electron chi connectivity index (χ2n) is 5.16. The first-order chi connectivity index (χ1) is 12.0. The Morgan fingerprint density at radius 3 is 2.68 bits per heavy atom. The van der Waals surface area contributed by atoms with Crippen LogP contribution in [0.15, 0.2) is 42.5 Å². The van der Waals surface area contributed by atoms with E-state index in [0.29, 0.717) is 18.0 Å². The smallest absolute Gasteiger partial charge is 0.342 e. The van der Waals surface area contributed by atoms with E-state index in [-0.39, 0.29) is 17.1 Å². The summed E-state index contributed by atoms with van der Waals surface area (Å²) in [6, 6.07) is 11.8. The molecule has 1 amide bonds. The quantitative estimate of drug-likeness (QED) is 0.738. The van der Waals surface area contributed by atoms with Gasteiger partial charge in [-0.3, -0.25) is 4.79 Å². The topological polar surface area (TPSA) is 84.9 Å². The van der Waals surface area contributed by atoms with E-state index in [4.69, 9.17) is 21.1 Å². The zero-order chi connectivity index (χ0) is 18.2. The van der Waals surface area contributed by atoms with Gasteiger partial charge in [-0.2, -0.15) is 0 Å². The Labute approximate surface area is 150 Å². The molecule has 0 aliphatic carbocycles. The molecule has 0 spiro atoms. The van der Waals surface area contributed by atoms with Crippen LogP contribution in [0, 0.1) is 0 Å². The average Bonchev–Trinajstić information content (AvgIpc) is 2.60. The maximum atomic E-state index is 11.9. The van der Waals surface area contributed by atoms with Crippen molar-refractivity contribution >= 4 is 23.5 Å². The van der Waals surface area contributed by atoms with E-state index in [1.807, 2.05) is 18.2 Å². The summed E-state index contributed by atoms with van der Waals surface area (Å²) in [5.41, 5.74) is 0.928. The number of ether oxygens (including phenoxy) is 2. The number of rotatable bonds is 7. The molecule has 2 rings (SSSR count). The summed E-state index contributed by atoms with van der Waals surface area (Å²) in [4.78, 5) is 23.7. The lowest BCUT2D eigenvalue weighted by atomic mass is 10.1. The molecule has 0 saturated heterocycles. The van der Waals surface area contributed by atoms with Crippen LogP contribution >= 0.6 is 11.6 Å². The molecule has 0 fully saturated rings. The number of hydrogen-bond acceptors (Lipinski definition) is 5. The number of esters is 1. The third kappa shape index (κ3) is 5.39. The molecule has 0 heterocycles. The molecule has 0 bridgehead atoms. The standard InChI is InChI=1S/C18H18ClNO5/c1-24-15-7-3-6-14(17(15)22)18(23)25-11-16(21)20-9-8-12-4-2-5-13(19)10-12/h2-7,10,22H,8-9,11H2,1H3,(H,20,21). The molecule has 25 heavy (non-hydrogen) atoms. The summed E-state index contributed by atoms with van der Waals surface area (Å²) in [5.74, 6) is -1.41. The van der Waals surface area contributed by atoms with Crippen molar-refractivity contribution in [2.45, 2.75) is 6.42 Å². The number of benzene rings is 2. The van der Waals surface area contributed by atoms with Gasteiger partial charge >= 0.3 is 5.97 Å². The van der Waals surface area contributed by atoms with Crippen molar-refractivity contribution in [2.75, 3.05) is 20.3 Å². The van der Waals surface area contributed by atoms with Crippen LogP contribution in [0.1, 0.15) is 15.9 Å². The maximum Gasteiger partial charge on any atom is 0.342 e. The van der Waals surface area contributed by atoms with Gasteiger partial charge in [0.25, 0.3) is 5.91 Å². The highest BCUT2D eigenvalue weighted by atomic mass is 35.5. The first-order valence-corrected chi connectivity index (χ1v) is 7.93. The number of phenolic OH excluding ortho intramolecular Hbond substituents is 1. The van der Waals surface area contributed by atoms with Crippen molar-refractivity contribution < 1.29 is 24.2 Å². The van der Waals surface area contributed by atoms with Crippen molar-refractivity contribution in [3.8, 4) is 11.5 Å². The Morgan fingerprint density at radius 2 is 1.96 bits per heavy atom. The van der Waals surface area contributed by atoms with Crippen molar-refractivity contribution in [2.24, 2.45) is 0 Å². The molecule has 0 aliphatic rings. The van der Waals surface area contributed by atoms with Crippen LogP contribution in [-0.4, -0.2) is 37.2 Å². The second-order valence-corrected chi connectivity index (χ2v) is 5.60. The molecule has 0 saturated carbocycles. The number of nitrogens with one attached hydrogen (secondary N) is 1. The number of phenols is 1. The van der Waals surface area contributed by atoms with Gasteiger partial charge in [-0.25, -0.2) is 4.79 Å². The highest BCUT2D eigenvalue weighted by molar-refractivity contribution is 6.30. The van der Waals surface area contributed by atoms with Crippen molar-refractivity contribution in [1.82, 2.24) is 5.32 Å². The number of carbonyl (C=O) groups excluding carboxylic acids is 2. The van der Waals surface area contributed by atoms with Gasteiger partial charge in [-0.05, 0) is 36.2 Å². The summed E-state index contributed by atoms with van der Waals surface area (Å²) in [7, 11) is 1.37. The molecule has 0 aliphatic heterocycles. The minimum Gasteiger partial charge on any atom is -0.504 e. The molecule has 132 valence electrons. The van der Waals surface area contributed by atoms with E-state index in [2.05, 4.69) is 5.32 Å². The van der Waals surface area contributed by atoms with Gasteiger partial charge in [0.1, 0.15) is 5.56 Å². The summed E-state index contributed by atoms with van der Waals surface area (Å²) >= 11 is 5.89. The molecular weight excluding hydrogens is 346 g/mol. The SMILES string of the molecule is COc1cccc(C(=O)OCC(=O)NCCc2cccc(Cl)c2)c1O. The third-order valence-corrected chi connectivity index (χ3v) is 3.63. The number of aromatic hydroxyl groups is 1. The number of carbonyl (C=O) groups is 2. The Hall–Kier alpha value is -2.73. The normalized spacial score (nSPS) is 10.2. The molecule has 2 aromatic rings. The molecule has 0 aromatic heterocycles. The van der Waals surface area contributed by atoms with E-state index in [1.54, 1.807) is 12.1 Å². The van der Waals surface area contributed by atoms with Crippen LogP contribution in [0.25, 0.3) is 0 Å². The lowest BCUT2D eigenvalue weighted by molar-refractivity contribution is -0.124. The lowest BCUT2D eigenvalue weighted by Crippen LogP contribution is -2.30. The minimum absolute atomic E-state index is 0.0638. The number of halogens is 1. The van der Waals surface area contributed by atoms with Gasteiger partial charge in [0, 0.05) is 11.6 Å². The summed E-state index contributed by atoms with van der Waals surface area (Å²) in [6.45, 7) is -0.0494. The molecule has 2 aromatic carbocycles. The Balaban J connectivity index is 1.79. The summed E-state index contributed by atoms with van der Waals surface area (Å²) in [5, 5.41) is 13.2. The van der Waals surface area contributed by atoms with Crippen molar-refractivity contribution in [3.05, 3.63) is 58.6 Å². The Kier molecular flexibility index (Phi) is 6.65. The highest BCUT2D eigenvalue weighted by Gasteiger charge is 2.17. The number of para-hydroxylation sites is 1. The van der Waals surface area contributed by atoms with Crippen LogP contribution in [0.3, 0.4) is 0 Å². The van der Waals surface area contributed by atoms with E-state index < -0.39 is 18.5 Å². The van der Waals surface area contributed by atoms with Gasteiger partial charge in [0.15, 0.2) is 18.1 Å². The number of hydrogen-bond donors (Lipinski definition) is 2. The highest BCUT2D eigenvalue weighted by Crippen LogP contribution is 2.29. The Morgan fingerprint density at radius 1 is 1.20 bits per heavy atom. The number of amides is 1. The van der Waals surface area contributed by atoms with E-state index in [0.717, 1.165) is 5.56 Å². The fourth-order valence-corrected chi connectivity index (χ4v) is 2.36. The third-order valence-electron chi connectivity index (χ3n) is 3.40. The average molecular weight is 364 g/mol. The fourth-order valence-electron chi connectivity index (χ4n) is 2.15. The molecule has 0 unspecified atom stereocenters. The largest absolute Gasteiger partial charge is 0.504 e. The van der Waals surface area contributed by atoms with E-state index >= 15 is 0 Å².